The third-order valence-electron chi connectivity index (χ3n) is 2.33. The van der Waals surface area contributed by atoms with Gasteiger partial charge in [-0.3, -0.25) is 4.72 Å². The molecule has 0 amide bonds. The number of hydrogen-bond donors (Lipinski definition) is 1. The zero-order chi connectivity index (χ0) is 10.6. The van der Waals surface area contributed by atoms with Crippen LogP contribution in [-0.2, 0) is 4.74 Å². The van der Waals surface area contributed by atoms with Gasteiger partial charge in [0, 0.05) is 13.2 Å². The predicted octanol–water partition coefficient (Wildman–Crippen LogP) is 2.21. The standard InChI is InChI=1S/C8H14F3NOS/c1-14-12-7(8(9,10)11)6-2-4-13-5-3-6/h6-7,12H,2-5H2,1H3/t7-/m0/s1. The minimum atomic E-state index is -4.16. The fraction of sp³-hybridized carbons (Fsp3) is 1.00. The summed E-state index contributed by atoms with van der Waals surface area (Å²) in [4.78, 5) is 0. The van der Waals surface area contributed by atoms with Crippen LogP contribution in [-0.4, -0.2) is 31.7 Å². The normalized spacial score (nSPS) is 22.3. The molecule has 1 atom stereocenters. The topological polar surface area (TPSA) is 21.3 Å². The lowest BCUT2D eigenvalue weighted by Crippen LogP contribution is -2.46. The molecule has 0 unspecified atom stereocenters. The Morgan fingerprint density at radius 2 is 1.93 bits per heavy atom. The maximum Gasteiger partial charge on any atom is 0.404 e. The number of halogens is 3. The smallest absolute Gasteiger partial charge is 0.381 e. The molecular formula is C8H14F3NOS. The van der Waals surface area contributed by atoms with Crippen LogP contribution in [0.1, 0.15) is 12.8 Å². The van der Waals surface area contributed by atoms with Crippen LogP contribution < -0.4 is 4.72 Å². The molecule has 0 aromatic carbocycles. The van der Waals surface area contributed by atoms with E-state index in [1.807, 2.05) is 0 Å². The first kappa shape index (κ1) is 12.1. The van der Waals surface area contributed by atoms with E-state index in [0.29, 0.717) is 26.1 Å². The summed E-state index contributed by atoms with van der Waals surface area (Å²) in [6, 6.07) is -1.40. The average molecular weight is 229 g/mol. The zero-order valence-electron chi connectivity index (χ0n) is 7.93. The monoisotopic (exact) mass is 229 g/mol. The first-order valence-electron chi connectivity index (χ1n) is 4.48. The Kier molecular flexibility index (Phi) is 4.53. The number of rotatable bonds is 3. The van der Waals surface area contributed by atoms with Gasteiger partial charge in [0.2, 0.25) is 0 Å². The van der Waals surface area contributed by atoms with Crippen LogP contribution >= 0.6 is 11.9 Å². The molecule has 1 heterocycles. The molecule has 0 radical (unpaired) electrons. The summed E-state index contributed by atoms with van der Waals surface area (Å²) in [7, 11) is 0. The number of ether oxygens (including phenoxy) is 1. The summed E-state index contributed by atoms with van der Waals surface area (Å²) in [5.41, 5.74) is 0. The molecule has 6 heteroatoms. The first-order valence-corrected chi connectivity index (χ1v) is 5.71. The van der Waals surface area contributed by atoms with Gasteiger partial charge in [0.25, 0.3) is 0 Å². The van der Waals surface area contributed by atoms with Crippen LogP contribution in [0.25, 0.3) is 0 Å². The van der Waals surface area contributed by atoms with Crippen molar-refractivity contribution in [3.8, 4) is 0 Å². The van der Waals surface area contributed by atoms with E-state index in [4.69, 9.17) is 4.74 Å². The van der Waals surface area contributed by atoms with E-state index in [2.05, 4.69) is 4.72 Å². The van der Waals surface area contributed by atoms with Gasteiger partial charge in [-0.2, -0.15) is 13.2 Å². The lowest BCUT2D eigenvalue weighted by Gasteiger charge is -2.31. The second kappa shape index (κ2) is 5.23. The van der Waals surface area contributed by atoms with Gasteiger partial charge in [-0.15, -0.1) is 0 Å². The Morgan fingerprint density at radius 1 is 1.36 bits per heavy atom. The third kappa shape index (κ3) is 3.33. The van der Waals surface area contributed by atoms with E-state index >= 15 is 0 Å². The average Bonchev–Trinajstić information content (AvgIpc) is 2.14. The van der Waals surface area contributed by atoms with Crippen molar-refractivity contribution >= 4 is 11.9 Å². The summed E-state index contributed by atoms with van der Waals surface area (Å²) in [6.45, 7) is 0.876. The van der Waals surface area contributed by atoms with Gasteiger partial charge in [-0.05, 0) is 25.0 Å². The molecule has 1 aliphatic rings. The van der Waals surface area contributed by atoms with Crippen molar-refractivity contribution in [1.82, 2.24) is 4.72 Å². The molecule has 84 valence electrons. The van der Waals surface area contributed by atoms with Crippen molar-refractivity contribution < 1.29 is 17.9 Å². The van der Waals surface area contributed by atoms with Crippen LogP contribution in [0.5, 0.6) is 0 Å². The van der Waals surface area contributed by atoms with Crippen molar-refractivity contribution in [2.45, 2.75) is 25.1 Å². The predicted molar refractivity (Wildman–Crippen MR) is 50.0 cm³/mol. The van der Waals surface area contributed by atoms with E-state index in [-0.39, 0.29) is 5.92 Å². The van der Waals surface area contributed by atoms with Crippen LogP contribution in [0.15, 0.2) is 0 Å². The molecule has 0 spiro atoms. The van der Waals surface area contributed by atoms with Crippen molar-refractivity contribution in [1.29, 1.82) is 0 Å². The second-order valence-corrected chi connectivity index (χ2v) is 3.94. The van der Waals surface area contributed by atoms with Gasteiger partial charge in [-0.25, -0.2) is 0 Å². The van der Waals surface area contributed by atoms with E-state index in [0.717, 1.165) is 11.9 Å². The second-order valence-electron chi connectivity index (χ2n) is 3.29. The minimum absolute atomic E-state index is 0.351. The van der Waals surface area contributed by atoms with Crippen molar-refractivity contribution in [3.05, 3.63) is 0 Å². The summed E-state index contributed by atoms with van der Waals surface area (Å²) < 4.78 is 45.2. The maximum absolute atomic E-state index is 12.6. The lowest BCUT2D eigenvalue weighted by molar-refractivity contribution is -0.168. The van der Waals surface area contributed by atoms with E-state index in [1.165, 1.54) is 0 Å². The Balaban J connectivity index is 2.56. The molecule has 2 nitrogen and oxygen atoms in total. The molecule has 1 saturated heterocycles. The number of nitrogens with one attached hydrogen (secondary N) is 1. The quantitative estimate of drug-likeness (QED) is 0.750. The van der Waals surface area contributed by atoms with E-state index in [1.54, 1.807) is 6.26 Å². The molecule has 14 heavy (non-hydrogen) atoms. The molecule has 0 aromatic heterocycles. The molecule has 1 fully saturated rings. The fourth-order valence-corrected chi connectivity index (χ4v) is 2.19. The van der Waals surface area contributed by atoms with Crippen LogP contribution in [0.3, 0.4) is 0 Å². The third-order valence-corrected chi connectivity index (χ3v) is 2.82. The van der Waals surface area contributed by atoms with Crippen LogP contribution in [0.4, 0.5) is 13.2 Å². The summed E-state index contributed by atoms with van der Waals surface area (Å²) in [5, 5.41) is 0. The molecule has 1 aliphatic heterocycles. The molecule has 0 aliphatic carbocycles. The minimum Gasteiger partial charge on any atom is -0.381 e. The van der Waals surface area contributed by atoms with Gasteiger partial charge >= 0.3 is 6.18 Å². The Labute approximate surface area is 85.7 Å². The molecule has 1 N–H and O–H groups in total. The van der Waals surface area contributed by atoms with Crippen molar-refractivity contribution in [2.75, 3.05) is 19.5 Å². The van der Waals surface area contributed by atoms with Crippen molar-refractivity contribution in [2.24, 2.45) is 5.92 Å². The summed E-state index contributed by atoms with van der Waals surface area (Å²) in [6.07, 6.45) is -1.58. The Bertz CT molecular complexity index is 170. The highest BCUT2D eigenvalue weighted by Gasteiger charge is 2.44. The molecule has 1 rings (SSSR count). The van der Waals surface area contributed by atoms with Crippen LogP contribution in [0, 0.1) is 5.92 Å². The SMILES string of the molecule is CSN[C@@H](C1CCOCC1)C(F)(F)F. The number of hydrogen-bond acceptors (Lipinski definition) is 3. The summed E-state index contributed by atoms with van der Waals surface area (Å²) in [5.74, 6) is -0.351. The largest absolute Gasteiger partial charge is 0.404 e. The number of alkyl halides is 3. The highest BCUT2D eigenvalue weighted by Crippen LogP contribution is 2.31. The molecule has 0 bridgehead atoms. The van der Waals surface area contributed by atoms with Crippen LogP contribution in [0.2, 0.25) is 0 Å². The maximum atomic E-state index is 12.6. The van der Waals surface area contributed by atoms with Crippen molar-refractivity contribution in [3.63, 3.8) is 0 Å². The first-order chi connectivity index (χ1) is 6.55. The van der Waals surface area contributed by atoms with Gasteiger partial charge < -0.3 is 4.74 Å². The Morgan fingerprint density at radius 3 is 2.36 bits per heavy atom. The Hall–Kier alpha value is 0.0600. The fourth-order valence-electron chi connectivity index (χ4n) is 1.61. The van der Waals surface area contributed by atoms with Gasteiger partial charge in [0.05, 0.1) is 0 Å². The van der Waals surface area contributed by atoms with E-state index in [9.17, 15) is 13.2 Å². The van der Waals surface area contributed by atoms with Gasteiger partial charge in [0.1, 0.15) is 6.04 Å². The molecule has 0 aromatic rings. The van der Waals surface area contributed by atoms with Gasteiger partial charge in [-0.1, -0.05) is 11.9 Å². The lowest BCUT2D eigenvalue weighted by atomic mass is 9.92. The highest BCUT2D eigenvalue weighted by molar-refractivity contribution is 7.96. The van der Waals surface area contributed by atoms with E-state index < -0.39 is 12.2 Å². The van der Waals surface area contributed by atoms with Gasteiger partial charge in [0.15, 0.2) is 0 Å². The molecule has 0 saturated carbocycles. The molecular weight excluding hydrogens is 215 g/mol. The zero-order valence-corrected chi connectivity index (χ0v) is 8.75. The highest BCUT2D eigenvalue weighted by atomic mass is 32.2. The summed E-state index contributed by atoms with van der Waals surface area (Å²) >= 11 is 1.02.